The number of thioether (sulfide) groups is 1. The van der Waals surface area contributed by atoms with Crippen molar-refractivity contribution in [1.82, 2.24) is 19.9 Å². The van der Waals surface area contributed by atoms with Crippen LogP contribution in [0.25, 0.3) is 0 Å². The molecule has 6 nitrogen and oxygen atoms in total. The lowest BCUT2D eigenvalue weighted by Gasteiger charge is -2.19. The molecule has 1 amide bonds. The van der Waals surface area contributed by atoms with Crippen molar-refractivity contribution in [3.05, 3.63) is 47.3 Å². The van der Waals surface area contributed by atoms with Gasteiger partial charge in [0.15, 0.2) is 0 Å². The molecule has 1 fully saturated rings. The van der Waals surface area contributed by atoms with E-state index < -0.39 is 0 Å². The highest BCUT2D eigenvalue weighted by Crippen LogP contribution is 2.37. The molecule has 0 unspecified atom stereocenters. The summed E-state index contributed by atoms with van der Waals surface area (Å²) in [5.74, 6) is 0.643. The van der Waals surface area contributed by atoms with Crippen molar-refractivity contribution in [1.29, 1.82) is 5.26 Å². The van der Waals surface area contributed by atoms with E-state index in [0.717, 1.165) is 11.3 Å². The fraction of sp³-hybridized carbons (Fsp3) is 0.333. The minimum absolute atomic E-state index is 0.0447. The first-order chi connectivity index (χ1) is 10.7. The molecule has 0 N–H and O–H groups in total. The molecule has 3 rings (SSSR count). The SMILES string of the molecule is CCN1C(=O)CS[C@H]1c1cn(Cc2cccc(C#N)c2)nn1. The maximum Gasteiger partial charge on any atom is 0.233 e. The molecule has 1 aromatic heterocycles. The second-order valence-electron chi connectivity index (χ2n) is 5.00. The average Bonchev–Trinajstić information content (AvgIpc) is 3.13. The smallest absolute Gasteiger partial charge is 0.233 e. The van der Waals surface area contributed by atoms with Crippen LogP contribution in [-0.2, 0) is 11.3 Å². The Kier molecular flexibility index (Phi) is 4.11. The molecule has 2 heterocycles. The first-order valence-electron chi connectivity index (χ1n) is 7.01. The normalized spacial score (nSPS) is 17.7. The lowest BCUT2D eigenvalue weighted by Crippen LogP contribution is -2.27. The summed E-state index contributed by atoms with van der Waals surface area (Å²) in [6.45, 7) is 3.20. The summed E-state index contributed by atoms with van der Waals surface area (Å²) in [5, 5.41) is 17.2. The summed E-state index contributed by atoms with van der Waals surface area (Å²) >= 11 is 1.58. The third-order valence-corrected chi connectivity index (χ3v) is 4.74. The molecule has 0 bridgehead atoms. The van der Waals surface area contributed by atoms with E-state index in [4.69, 9.17) is 5.26 Å². The summed E-state index contributed by atoms with van der Waals surface area (Å²) in [6.07, 6.45) is 1.87. The minimum Gasteiger partial charge on any atom is -0.324 e. The van der Waals surface area contributed by atoms with Crippen LogP contribution in [0.3, 0.4) is 0 Å². The molecule has 1 aromatic carbocycles. The highest BCUT2D eigenvalue weighted by atomic mass is 32.2. The van der Waals surface area contributed by atoms with Crippen molar-refractivity contribution in [3.8, 4) is 6.07 Å². The van der Waals surface area contributed by atoms with E-state index in [0.29, 0.717) is 24.4 Å². The van der Waals surface area contributed by atoms with Crippen LogP contribution < -0.4 is 0 Å². The van der Waals surface area contributed by atoms with Crippen molar-refractivity contribution in [2.24, 2.45) is 0 Å². The first kappa shape index (κ1) is 14.6. The van der Waals surface area contributed by atoms with Gasteiger partial charge in [0, 0.05) is 6.54 Å². The number of nitrogens with zero attached hydrogens (tertiary/aromatic N) is 5. The molecule has 2 aromatic rings. The average molecular weight is 313 g/mol. The zero-order valence-corrected chi connectivity index (χ0v) is 13.0. The van der Waals surface area contributed by atoms with Gasteiger partial charge in [-0.05, 0) is 24.6 Å². The van der Waals surface area contributed by atoms with Crippen molar-refractivity contribution < 1.29 is 4.79 Å². The molecule has 7 heteroatoms. The highest BCUT2D eigenvalue weighted by Gasteiger charge is 2.33. The van der Waals surface area contributed by atoms with Crippen LogP contribution in [0.15, 0.2) is 30.5 Å². The van der Waals surface area contributed by atoms with Gasteiger partial charge in [0.05, 0.1) is 30.1 Å². The molecule has 1 saturated heterocycles. The number of aromatic nitrogens is 3. The van der Waals surface area contributed by atoms with Gasteiger partial charge < -0.3 is 4.90 Å². The summed E-state index contributed by atoms with van der Waals surface area (Å²) in [7, 11) is 0. The number of hydrogen-bond donors (Lipinski definition) is 0. The zero-order chi connectivity index (χ0) is 15.5. The van der Waals surface area contributed by atoms with Crippen LogP contribution in [0.4, 0.5) is 0 Å². The van der Waals surface area contributed by atoms with Gasteiger partial charge in [0.1, 0.15) is 11.1 Å². The van der Waals surface area contributed by atoms with E-state index in [9.17, 15) is 4.79 Å². The minimum atomic E-state index is -0.0447. The molecular weight excluding hydrogens is 298 g/mol. The standard InChI is InChI=1S/C15H15N5OS/c1-2-20-14(21)10-22-15(20)13-9-19(18-17-13)8-12-5-3-4-11(6-12)7-16/h3-6,9,15H,2,8,10H2,1H3/t15-/m0/s1. The second kappa shape index (κ2) is 6.20. The molecule has 22 heavy (non-hydrogen) atoms. The Morgan fingerprint density at radius 1 is 1.50 bits per heavy atom. The maximum atomic E-state index is 11.8. The van der Waals surface area contributed by atoms with Gasteiger partial charge in [0.2, 0.25) is 5.91 Å². The van der Waals surface area contributed by atoms with E-state index in [2.05, 4.69) is 16.4 Å². The number of hydrogen-bond acceptors (Lipinski definition) is 5. The molecule has 0 saturated carbocycles. The van der Waals surface area contributed by atoms with Crippen molar-refractivity contribution >= 4 is 17.7 Å². The fourth-order valence-corrected chi connectivity index (χ4v) is 3.66. The van der Waals surface area contributed by atoms with Crippen LogP contribution in [0.1, 0.15) is 29.1 Å². The molecule has 1 aliphatic rings. The Hall–Kier alpha value is -2.33. The number of carbonyl (C=O) groups excluding carboxylic acids is 1. The third-order valence-electron chi connectivity index (χ3n) is 3.52. The number of rotatable bonds is 4. The number of carbonyl (C=O) groups is 1. The number of amides is 1. The van der Waals surface area contributed by atoms with Gasteiger partial charge in [-0.15, -0.1) is 16.9 Å². The Morgan fingerprint density at radius 3 is 3.14 bits per heavy atom. The molecule has 0 radical (unpaired) electrons. The van der Waals surface area contributed by atoms with Crippen LogP contribution in [-0.4, -0.2) is 38.1 Å². The van der Waals surface area contributed by atoms with Crippen LogP contribution in [0, 0.1) is 11.3 Å². The summed E-state index contributed by atoms with van der Waals surface area (Å²) < 4.78 is 1.74. The first-order valence-corrected chi connectivity index (χ1v) is 8.06. The monoisotopic (exact) mass is 313 g/mol. The molecular formula is C15H15N5OS. The Morgan fingerprint density at radius 2 is 2.36 bits per heavy atom. The van der Waals surface area contributed by atoms with Crippen molar-refractivity contribution in [2.75, 3.05) is 12.3 Å². The number of benzene rings is 1. The summed E-state index contributed by atoms with van der Waals surface area (Å²) in [5.41, 5.74) is 2.43. The Labute approximate surface area is 132 Å². The lowest BCUT2D eigenvalue weighted by molar-refractivity contribution is -0.127. The van der Waals surface area contributed by atoms with Gasteiger partial charge in [-0.3, -0.25) is 4.79 Å². The topological polar surface area (TPSA) is 74.8 Å². The van der Waals surface area contributed by atoms with Crippen molar-refractivity contribution in [2.45, 2.75) is 18.8 Å². The molecule has 112 valence electrons. The third kappa shape index (κ3) is 2.83. The predicted octanol–water partition coefficient (Wildman–Crippen LogP) is 1.79. The predicted molar refractivity (Wildman–Crippen MR) is 82.9 cm³/mol. The van der Waals surface area contributed by atoms with E-state index in [-0.39, 0.29) is 11.3 Å². The van der Waals surface area contributed by atoms with Gasteiger partial charge >= 0.3 is 0 Å². The molecule has 0 aliphatic carbocycles. The zero-order valence-electron chi connectivity index (χ0n) is 12.1. The molecule has 1 atom stereocenters. The van der Waals surface area contributed by atoms with Crippen LogP contribution >= 0.6 is 11.8 Å². The van der Waals surface area contributed by atoms with E-state index >= 15 is 0 Å². The maximum absolute atomic E-state index is 11.8. The summed E-state index contributed by atoms with van der Waals surface area (Å²) in [6, 6.07) is 9.55. The molecule has 1 aliphatic heterocycles. The van der Waals surface area contributed by atoms with Crippen LogP contribution in [0.2, 0.25) is 0 Å². The Bertz CT molecular complexity index is 736. The number of nitriles is 1. The van der Waals surface area contributed by atoms with Gasteiger partial charge in [0.25, 0.3) is 0 Å². The summed E-state index contributed by atoms with van der Waals surface area (Å²) in [4.78, 5) is 13.6. The van der Waals surface area contributed by atoms with Crippen molar-refractivity contribution in [3.63, 3.8) is 0 Å². The highest BCUT2D eigenvalue weighted by molar-refractivity contribution is 8.00. The quantitative estimate of drug-likeness (QED) is 0.860. The fourth-order valence-electron chi connectivity index (χ4n) is 2.47. The van der Waals surface area contributed by atoms with Gasteiger partial charge in [-0.25, -0.2) is 4.68 Å². The lowest BCUT2D eigenvalue weighted by atomic mass is 10.1. The Balaban J connectivity index is 1.76. The van der Waals surface area contributed by atoms with Crippen LogP contribution in [0.5, 0.6) is 0 Å². The second-order valence-corrected chi connectivity index (χ2v) is 6.06. The molecule has 0 spiro atoms. The van der Waals surface area contributed by atoms with E-state index in [1.54, 1.807) is 22.5 Å². The van der Waals surface area contributed by atoms with E-state index in [1.165, 1.54) is 0 Å². The largest absolute Gasteiger partial charge is 0.324 e. The van der Waals surface area contributed by atoms with Gasteiger partial charge in [-0.1, -0.05) is 17.3 Å². The van der Waals surface area contributed by atoms with E-state index in [1.807, 2.05) is 36.2 Å². The van der Waals surface area contributed by atoms with Gasteiger partial charge in [-0.2, -0.15) is 5.26 Å².